The van der Waals surface area contributed by atoms with Gasteiger partial charge in [-0.25, -0.2) is 4.79 Å². The molecule has 1 N–H and O–H groups in total. The van der Waals surface area contributed by atoms with Gasteiger partial charge in [0.25, 0.3) is 0 Å². The minimum atomic E-state index is -0.856. The lowest BCUT2D eigenvalue weighted by atomic mass is 9.50. The predicted octanol–water partition coefficient (Wildman–Crippen LogP) is 3.04. The van der Waals surface area contributed by atoms with Gasteiger partial charge in [-0.15, -0.1) is 0 Å². The molecule has 0 radical (unpaired) electrons. The summed E-state index contributed by atoms with van der Waals surface area (Å²) in [6.07, 6.45) is 5.41. The summed E-state index contributed by atoms with van der Waals surface area (Å²) in [7, 11) is 1.33. The first-order chi connectivity index (χ1) is 16.5. The smallest absolute Gasteiger partial charge is 0.410 e. The lowest BCUT2D eigenvalue weighted by Crippen LogP contribution is -2.69. The van der Waals surface area contributed by atoms with Crippen LogP contribution in [-0.4, -0.2) is 65.8 Å². The van der Waals surface area contributed by atoms with Crippen LogP contribution < -0.4 is 5.32 Å². The van der Waals surface area contributed by atoms with E-state index in [0.29, 0.717) is 31.8 Å². The Kier molecular flexibility index (Phi) is 6.08. The quantitative estimate of drug-likeness (QED) is 0.469. The van der Waals surface area contributed by atoms with Crippen LogP contribution in [0, 0.1) is 17.8 Å². The number of nitrogens with one attached hydrogen (secondary N) is 1. The molecule has 4 saturated carbocycles. The molecule has 2 amide bonds. The number of hydrogen-bond donors (Lipinski definition) is 1. The number of piperidine rings is 1. The molecule has 6 fully saturated rings. The Morgan fingerprint density at radius 1 is 1.00 bits per heavy atom. The second-order valence-electron chi connectivity index (χ2n) is 12.1. The van der Waals surface area contributed by atoms with Gasteiger partial charge in [-0.1, -0.05) is 0 Å². The van der Waals surface area contributed by atoms with Gasteiger partial charge in [-0.3, -0.25) is 9.59 Å². The minimum Gasteiger partial charge on any atom is -0.469 e. The standard InChI is InChI=1S/C25H38N2O8/c1-22(2,3)32-21(30)27-9-7-24(8-10-27)33-25(35-34-24)17-11-16-12-18(25)15-23(13-16,14-17)26-19(28)5-6-20(29)31-4/h16-18H,5-15H2,1-4H3,(H,26,28). The van der Waals surface area contributed by atoms with Gasteiger partial charge in [0.1, 0.15) is 5.60 Å². The highest BCUT2D eigenvalue weighted by molar-refractivity contribution is 5.81. The number of carbonyl (C=O) groups excluding carboxylic acids is 3. The molecule has 4 aliphatic carbocycles. The first kappa shape index (κ1) is 24.8. The van der Waals surface area contributed by atoms with Crippen molar-refractivity contribution in [1.82, 2.24) is 10.2 Å². The van der Waals surface area contributed by atoms with Crippen LogP contribution in [0.3, 0.4) is 0 Å². The van der Waals surface area contributed by atoms with Crippen LogP contribution in [0.2, 0.25) is 0 Å². The van der Waals surface area contributed by atoms with Crippen molar-refractivity contribution in [2.45, 2.75) is 101 Å². The Labute approximate surface area is 206 Å². The van der Waals surface area contributed by atoms with Gasteiger partial charge in [-0.05, 0) is 58.8 Å². The largest absolute Gasteiger partial charge is 0.469 e. The van der Waals surface area contributed by atoms with Crippen LogP contribution in [-0.2, 0) is 33.6 Å². The fourth-order valence-corrected chi connectivity index (χ4v) is 7.07. The number of amides is 2. The summed E-state index contributed by atoms with van der Waals surface area (Å²) in [5, 5.41) is 3.26. The maximum absolute atomic E-state index is 12.6. The highest BCUT2D eigenvalue weighted by Crippen LogP contribution is 2.64. The molecule has 2 spiro atoms. The fraction of sp³-hybridized carbons (Fsp3) is 0.880. The number of hydrogen-bond acceptors (Lipinski definition) is 8. The summed E-state index contributed by atoms with van der Waals surface area (Å²) in [6, 6.07) is 0. The van der Waals surface area contributed by atoms with Crippen molar-refractivity contribution in [3.8, 4) is 0 Å². The number of esters is 1. The molecule has 4 bridgehead atoms. The van der Waals surface area contributed by atoms with Crippen molar-refractivity contribution in [3.05, 3.63) is 0 Å². The first-order valence-electron chi connectivity index (χ1n) is 12.9. The van der Waals surface area contributed by atoms with Crippen LogP contribution in [0.5, 0.6) is 0 Å². The van der Waals surface area contributed by atoms with Gasteiger partial charge < -0.3 is 24.4 Å². The Bertz CT molecular complexity index is 859. The number of likely N-dealkylation sites (tertiary alicyclic amines) is 1. The molecule has 10 nitrogen and oxygen atoms in total. The fourth-order valence-electron chi connectivity index (χ4n) is 7.07. The molecule has 6 rings (SSSR count). The van der Waals surface area contributed by atoms with E-state index < -0.39 is 17.2 Å². The van der Waals surface area contributed by atoms with E-state index in [1.807, 2.05) is 20.8 Å². The maximum atomic E-state index is 12.6. The zero-order valence-corrected chi connectivity index (χ0v) is 21.2. The highest BCUT2D eigenvalue weighted by atomic mass is 17.3. The Morgan fingerprint density at radius 3 is 2.26 bits per heavy atom. The molecule has 0 aromatic heterocycles. The molecule has 2 heterocycles. The van der Waals surface area contributed by atoms with Gasteiger partial charge in [0.05, 0.1) is 13.5 Å². The van der Waals surface area contributed by atoms with E-state index in [1.165, 1.54) is 7.11 Å². The van der Waals surface area contributed by atoms with Gasteiger partial charge in [0, 0.05) is 49.7 Å². The van der Waals surface area contributed by atoms with Crippen molar-refractivity contribution < 1.29 is 38.4 Å². The van der Waals surface area contributed by atoms with E-state index in [4.69, 9.17) is 19.2 Å². The van der Waals surface area contributed by atoms with E-state index in [9.17, 15) is 14.4 Å². The Balaban J connectivity index is 1.22. The molecule has 6 aliphatic rings. The topological polar surface area (TPSA) is 113 Å². The molecule has 196 valence electrons. The van der Waals surface area contributed by atoms with E-state index in [1.54, 1.807) is 4.90 Å². The summed E-state index contributed by atoms with van der Waals surface area (Å²) in [5.74, 6) is -1.39. The summed E-state index contributed by atoms with van der Waals surface area (Å²) in [4.78, 5) is 50.3. The van der Waals surface area contributed by atoms with Crippen molar-refractivity contribution in [3.63, 3.8) is 0 Å². The van der Waals surface area contributed by atoms with Crippen LogP contribution >= 0.6 is 0 Å². The van der Waals surface area contributed by atoms with E-state index in [-0.39, 0.29) is 48.2 Å². The third-order valence-corrected chi connectivity index (χ3v) is 8.36. The lowest BCUT2D eigenvalue weighted by molar-refractivity contribution is -0.391. The number of methoxy groups -OCH3 is 1. The van der Waals surface area contributed by atoms with Gasteiger partial charge in [-0.2, -0.15) is 9.78 Å². The number of nitrogens with zero attached hydrogens (tertiary/aromatic N) is 1. The molecule has 0 aromatic rings. The number of ether oxygens (including phenoxy) is 3. The Morgan fingerprint density at radius 2 is 1.66 bits per heavy atom. The molecule has 0 aromatic carbocycles. The van der Waals surface area contributed by atoms with Crippen molar-refractivity contribution in [2.24, 2.45) is 17.8 Å². The second kappa shape index (κ2) is 8.59. The first-order valence-corrected chi connectivity index (χ1v) is 12.9. The summed E-state index contributed by atoms with van der Waals surface area (Å²) >= 11 is 0. The second-order valence-corrected chi connectivity index (χ2v) is 12.1. The molecule has 2 unspecified atom stereocenters. The van der Waals surface area contributed by atoms with E-state index in [2.05, 4.69) is 10.1 Å². The average Bonchev–Trinajstić information content (AvgIpc) is 3.14. The molecule has 10 heteroatoms. The normalized spacial score (nSPS) is 37.0. The molecule has 2 aliphatic heterocycles. The van der Waals surface area contributed by atoms with Crippen molar-refractivity contribution in [1.29, 1.82) is 0 Å². The minimum absolute atomic E-state index is 0.0849. The van der Waals surface area contributed by atoms with Gasteiger partial charge >= 0.3 is 12.1 Å². The SMILES string of the molecule is COC(=O)CCC(=O)NC12CC3CC(C1)C1(OOC4(CCN(C(=O)OC(C)(C)C)CC4)O1)C(C3)C2. The Hall–Kier alpha value is -1.91. The number of rotatable bonds is 4. The monoisotopic (exact) mass is 494 g/mol. The molecular formula is C25H38N2O8. The molecule has 35 heavy (non-hydrogen) atoms. The number of carbonyl (C=O) groups is 3. The summed E-state index contributed by atoms with van der Waals surface area (Å²) in [6.45, 7) is 6.53. The average molecular weight is 495 g/mol. The van der Waals surface area contributed by atoms with Crippen LogP contribution in [0.25, 0.3) is 0 Å². The van der Waals surface area contributed by atoms with Crippen LogP contribution in [0.4, 0.5) is 4.79 Å². The third kappa shape index (κ3) is 4.64. The molecular weight excluding hydrogens is 456 g/mol. The summed E-state index contributed by atoms with van der Waals surface area (Å²) < 4.78 is 16.9. The van der Waals surface area contributed by atoms with Gasteiger partial charge in [0.15, 0.2) is 0 Å². The van der Waals surface area contributed by atoms with Crippen LogP contribution in [0.15, 0.2) is 0 Å². The third-order valence-electron chi connectivity index (χ3n) is 8.36. The van der Waals surface area contributed by atoms with Crippen LogP contribution in [0.1, 0.15) is 78.6 Å². The molecule has 2 saturated heterocycles. The van der Waals surface area contributed by atoms with E-state index >= 15 is 0 Å². The molecule has 2 atom stereocenters. The zero-order chi connectivity index (χ0) is 25.1. The van der Waals surface area contributed by atoms with Gasteiger partial charge in [0.2, 0.25) is 17.5 Å². The highest BCUT2D eigenvalue weighted by Gasteiger charge is 2.70. The zero-order valence-electron chi connectivity index (χ0n) is 21.2. The van der Waals surface area contributed by atoms with E-state index in [0.717, 1.165) is 32.1 Å². The van der Waals surface area contributed by atoms with Crippen molar-refractivity contribution in [2.75, 3.05) is 20.2 Å². The summed E-state index contributed by atoms with van der Waals surface area (Å²) in [5.41, 5.74) is -0.817. The lowest BCUT2D eigenvalue weighted by Gasteiger charge is -2.62. The maximum Gasteiger partial charge on any atom is 0.410 e. The van der Waals surface area contributed by atoms with Crippen molar-refractivity contribution >= 4 is 18.0 Å². The predicted molar refractivity (Wildman–Crippen MR) is 121 cm³/mol.